The van der Waals surface area contributed by atoms with Gasteiger partial charge < -0.3 is 10.1 Å². The van der Waals surface area contributed by atoms with Gasteiger partial charge in [-0.1, -0.05) is 12.1 Å². The molecule has 1 N–H and O–H groups in total. The molecule has 0 bridgehead atoms. The lowest BCUT2D eigenvalue weighted by atomic mass is 9.95. The quantitative estimate of drug-likeness (QED) is 0.909. The van der Waals surface area contributed by atoms with Crippen LogP contribution in [0.1, 0.15) is 18.4 Å². The Morgan fingerprint density at radius 3 is 2.90 bits per heavy atom. The fourth-order valence-electron chi connectivity index (χ4n) is 2.99. The number of ether oxygens (including phenoxy) is 1. The minimum absolute atomic E-state index is 0.141. The number of fused-ring (bicyclic) bond motifs is 2. The molecule has 1 aromatic carbocycles. The van der Waals surface area contributed by atoms with Crippen LogP contribution in [-0.2, 0) is 10.2 Å². The molecule has 1 amide bonds. The predicted molar refractivity (Wildman–Crippen MR) is 75.8 cm³/mol. The molecule has 1 fully saturated rings. The largest absolute Gasteiger partial charge is 0.481 e. The second kappa shape index (κ2) is 3.82. The molecule has 100 valence electrons. The first-order chi connectivity index (χ1) is 9.74. The number of hydrogen-bond acceptors (Lipinski definition) is 3. The summed E-state index contributed by atoms with van der Waals surface area (Å²) in [4.78, 5) is 16.3. The molecule has 1 aliphatic heterocycles. The van der Waals surface area contributed by atoms with Gasteiger partial charge in [0, 0.05) is 17.4 Å². The van der Waals surface area contributed by atoms with E-state index in [9.17, 15) is 4.79 Å². The number of hydrogen-bond donors (Lipinski definition) is 1. The van der Waals surface area contributed by atoms with E-state index in [2.05, 4.69) is 16.4 Å². The SMILES string of the molecule is COc1ncccc1-c1ccc2c(c1)NC(=O)C21CC1. The number of nitrogens with one attached hydrogen (secondary N) is 1. The van der Waals surface area contributed by atoms with E-state index in [-0.39, 0.29) is 11.3 Å². The van der Waals surface area contributed by atoms with Crippen molar-refractivity contribution in [3.8, 4) is 17.0 Å². The van der Waals surface area contributed by atoms with E-state index in [1.807, 2.05) is 24.3 Å². The zero-order chi connectivity index (χ0) is 13.7. The maximum Gasteiger partial charge on any atom is 0.235 e. The van der Waals surface area contributed by atoms with E-state index >= 15 is 0 Å². The Morgan fingerprint density at radius 2 is 2.15 bits per heavy atom. The third-order valence-electron chi connectivity index (χ3n) is 4.24. The van der Waals surface area contributed by atoms with Crippen molar-refractivity contribution in [1.29, 1.82) is 0 Å². The number of methoxy groups -OCH3 is 1. The number of aromatic nitrogens is 1. The van der Waals surface area contributed by atoms with Crippen LogP contribution in [-0.4, -0.2) is 18.0 Å². The molecule has 2 heterocycles. The van der Waals surface area contributed by atoms with Crippen LogP contribution in [0, 0.1) is 0 Å². The zero-order valence-corrected chi connectivity index (χ0v) is 11.1. The number of carbonyl (C=O) groups is 1. The molecular formula is C16H14N2O2. The second-order valence-corrected chi connectivity index (χ2v) is 5.36. The number of carbonyl (C=O) groups excluding carboxylic acids is 1. The molecule has 1 aliphatic carbocycles. The van der Waals surface area contributed by atoms with Crippen molar-refractivity contribution in [2.75, 3.05) is 12.4 Å². The van der Waals surface area contributed by atoms with Crippen molar-refractivity contribution in [2.45, 2.75) is 18.3 Å². The fourth-order valence-corrected chi connectivity index (χ4v) is 2.99. The lowest BCUT2D eigenvalue weighted by molar-refractivity contribution is -0.117. The van der Waals surface area contributed by atoms with Gasteiger partial charge >= 0.3 is 0 Å². The van der Waals surface area contributed by atoms with Crippen molar-refractivity contribution in [1.82, 2.24) is 4.98 Å². The third-order valence-corrected chi connectivity index (χ3v) is 4.24. The lowest BCUT2D eigenvalue weighted by Gasteiger charge is -2.09. The Balaban J connectivity index is 1.83. The molecule has 0 radical (unpaired) electrons. The van der Waals surface area contributed by atoms with E-state index in [1.165, 1.54) is 0 Å². The van der Waals surface area contributed by atoms with Crippen LogP contribution in [0.3, 0.4) is 0 Å². The first-order valence-electron chi connectivity index (χ1n) is 6.70. The summed E-state index contributed by atoms with van der Waals surface area (Å²) in [6.45, 7) is 0. The normalized spacial score (nSPS) is 17.8. The average Bonchev–Trinajstić information content (AvgIpc) is 3.23. The highest BCUT2D eigenvalue weighted by atomic mass is 16.5. The lowest BCUT2D eigenvalue weighted by Crippen LogP contribution is -2.18. The molecular weight excluding hydrogens is 252 g/mol. The van der Waals surface area contributed by atoms with Gasteiger partial charge in [0.05, 0.1) is 12.5 Å². The van der Waals surface area contributed by atoms with Crippen molar-refractivity contribution < 1.29 is 9.53 Å². The van der Waals surface area contributed by atoms with Crippen LogP contribution in [0.25, 0.3) is 11.1 Å². The van der Waals surface area contributed by atoms with Crippen molar-refractivity contribution >= 4 is 11.6 Å². The highest BCUT2D eigenvalue weighted by Gasteiger charge is 2.56. The minimum Gasteiger partial charge on any atom is -0.481 e. The molecule has 2 aliphatic rings. The topological polar surface area (TPSA) is 51.2 Å². The van der Waals surface area contributed by atoms with Gasteiger partial charge in [-0.05, 0) is 42.2 Å². The predicted octanol–water partition coefficient (Wildman–Crippen LogP) is 2.74. The molecule has 1 aromatic heterocycles. The molecule has 0 atom stereocenters. The van der Waals surface area contributed by atoms with Crippen LogP contribution in [0.15, 0.2) is 36.5 Å². The van der Waals surface area contributed by atoms with Crippen LogP contribution in [0.5, 0.6) is 5.88 Å². The molecule has 4 rings (SSSR count). The van der Waals surface area contributed by atoms with Gasteiger partial charge in [-0.25, -0.2) is 4.98 Å². The molecule has 4 nitrogen and oxygen atoms in total. The van der Waals surface area contributed by atoms with E-state index in [4.69, 9.17) is 4.74 Å². The number of anilines is 1. The average molecular weight is 266 g/mol. The number of rotatable bonds is 2. The van der Waals surface area contributed by atoms with Gasteiger partial charge in [0.1, 0.15) is 0 Å². The monoisotopic (exact) mass is 266 g/mol. The van der Waals surface area contributed by atoms with Crippen LogP contribution < -0.4 is 10.1 Å². The van der Waals surface area contributed by atoms with Gasteiger partial charge in [-0.15, -0.1) is 0 Å². The van der Waals surface area contributed by atoms with Crippen LogP contribution in [0.4, 0.5) is 5.69 Å². The number of benzene rings is 1. The highest BCUT2D eigenvalue weighted by Crippen LogP contribution is 2.55. The van der Waals surface area contributed by atoms with E-state index in [0.29, 0.717) is 5.88 Å². The first-order valence-corrected chi connectivity index (χ1v) is 6.70. The number of nitrogens with zero attached hydrogens (tertiary/aromatic N) is 1. The van der Waals surface area contributed by atoms with E-state index < -0.39 is 0 Å². The maximum atomic E-state index is 12.0. The van der Waals surface area contributed by atoms with E-state index in [0.717, 1.165) is 35.2 Å². The van der Waals surface area contributed by atoms with Gasteiger partial charge in [-0.2, -0.15) is 0 Å². The summed E-state index contributed by atoms with van der Waals surface area (Å²) in [6, 6.07) is 9.96. The molecule has 1 saturated carbocycles. The zero-order valence-electron chi connectivity index (χ0n) is 11.1. The molecule has 2 aromatic rings. The summed E-state index contributed by atoms with van der Waals surface area (Å²) in [5.74, 6) is 0.737. The Hall–Kier alpha value is -2.36. The summed E-state index contributed by atoms with van der Waals surface area (Å²) < 4.78 is 5.30. The van der Waals surface area contributed by atoms with Gasteiger partial charge in [0.2, 0.25) is 11.8 Å². The molecule has 1 spiro atoms. The maximum absolute atomic E-state index is 12.0. The summed E-state index contributed by atoms with van der Waals surface area (Å²) >= 11 is 0. The Labute approximate surface area is 116 Å². The first kappa shape index (κ1) is 11.5. The van der Waals surface area contributed by atoms with Crippen LogP contribution in [0.2, 0.25) is 0 Å². The molecule has 4 heteroatoms. The van der Waals surface area contributed by atoms with E-state index in [1.54, 1.807) is 13.3 Å². The minimum atomic E-state index is -0.229. The summed E-state index contributed by atoms with van der Waals surface area (Å²) in [5.41, 5.74) is 3.77. The van der Waals surface area contributed by atoms with Crippen LogP contribution >= 0.6 is 0 Å². The van der Waals surface area contributed by atoms with Crippen molar-refractivity contribution in [2.24, 2.45) is 0 Å². The van der Waals surface area contributed by atoms with Gasteiger partial charge in [-0.3, -0.25) is 4.79 Å². The standard InChI is InChI=1S/C16H14N2O2/c1-20-14-11(3-2-8-17-14)10-4-5-12-13(9-10)18-15(19)16(12)6-7-16/h2-5,8-9H,6-7H2,1H3,(H,18,19). The Bertz CT molecular complexity index is 720. The van der Waals surface area contributed by atoms with Gasteiger partial charge in [0.25, 0.3) is 0 Å². The molecule has 20 heavy (non-hydrogen) atoms. The van der Waals surface area contributed by atoms with Crippen molar-refractivity contribution in [3.63, 3.8) is 0 Å². The summed E-state index contributed by atoms with van der Waals surface area (Å²) in [6.07, 6.45) is 3.62. The summed E-state index contributed by atoms with van der Waals surface area (Å²) in [5, 5.41) is 3.00. The smallest absolute Gasteiger partial charge is 0.235 e. The third kappa shape index (κ3) is 1.42. The molecule has 0 unspecified atom stereocenters. The summed E-state index contributed by atoms with van der Waals surface area (Å²) in [7, 11) is 1.61. The fraction of sp³-hybridized carbons (Fsp3) is 0.250. The van der Waals surface area contributed by atoms with Crippen molar-refractivity contribution in [3.05, 3.63) is 42.1 Å². The van der Waals surface area contributed by atoms with Gasteiger partial charge in [0.15, 0.2) is 0 Å². The number of amides is 1. The highest BCUT2D eigenvalue weighted by molar-refractivity contribution is 6.08. The Kier molecular flexibility index (Phi) is 2.19. The second-order valence-electron chi connectivity index (χ2n) is 5.36. The Morgan fingerprint density at radius 1 is 1.30 bits per heavy atom. The molecule has 0 saturated heterocycles. The number of pyridine rings is 1.